The Balaban J connectivity index is 1.83. The van der Waals surface area contributed by atoms with Crippen LogP contribution in [0.5, 0.6) is 0 Å². The second kappa shape index (κ2) is 7.41. The number of likely N-dealkylation sites (tertiary alicyclic amines) is 1. The molecular weight excluding hydrogens is 295 g/mol. The highest BCUT2D eigenvalue weighted by Crippen LogP contribution is 2.13. The van der Waals surface area contributed by atoms with Crippen molar-refractivity contribution < 1.29 is 14.0 Å². The number of carbonyl (C=O) groups is 2. The average molecular weight is 313 g/mol. The van der Waals surface area contributed by atoms with E-state index in [-0.39, 0.29) is 17.9 Å². The van der Waals surface area contributed by atoms with Gasteiger partial charge in [0.15, 0.2) is 0 Å². The number of hydrogen-bond acceptors (Lipinski definition) is 2. The van der Waals surface area contributed by atoms with Gasteiger partial charge >= 0.3 is 0 Å². The van der Waals surface area contributed by atoms with E-state index in [1.807, 2.05) is 0 Å². The Bertz CT molecular complexity index is 516. The Hall–Kier alpha value is -1.62. The summed E-state index contributed by atoms with van der Waals surface area (Å²) in [5.74, 6) is -0.321. The minimum Gasteiger partial charge on any atom is -0.349 e. The number of carbonyl (C=O) groups excluding carboxylic acids is 2. The molecule has 0 bridgehead atoms. The van der Waals surface area contributed by atoms with Crippen LogP contribution in [-0.2, 0) is 4.79 Å². The van der Waals surface area contributed by atoms with Gasteiger partial charge in [0, 0.05) is 37.0 Å². The van der Waals surface area contributed by atoms with Gasteiger partial charge in [-0.2, -0.15) is 0 Å². The summed E-state index contributed by atoms with van der Waals surface area (Å²) in [5.41, 5.74) is 0.315. The molecule has 2 rings (SSSR count). The van der Waals surface area contributed by atoms with Gasteiger partial charge in [0.2, 0.25) is 5.91 Å². The lowest BCUT2D eigenvalue weighted by Crippen LogP contribution is -2.46. The molecule has 1 N–H and O–H groups in total. The average Bonchev–Trinajstić information content (AvgIpc) is 2.48. The van der Waals surface area contributed by atoms with Gasteiger partial charge in [0.05, 0.1) is 0 Å². The maximum absolute atomic E-state index is 13.1. The van der Waals surface area contributed by atoms with Gasteiger partial charge in [0.1, 0.15) is 5.82 Å². The third-order valence-electron chi connectivity index (χ3n) is 3.58. The summed E-state index contributed by atoms with van der Waals surface area (Å²) in [6.45, 7) is 1.23. The SMILES string of the molecule is O=C(NC1CCN(C(=O)CCCl)CC1)c1cccc(F)c1. The van der Waals surface area contributed by atoms with Crippen molar-refractivity contribution in [2.24, 2.45) is 0 Å². The van der Waals surface area contributed by atoms with Crippen LogP contribution >= 0.6 is 11.6 Å². The highest BCUT2D eigenvalue weighted by atomic mass is 35.5. The molecule has 1 aliphatic heterocycles. The molecule has 0 aromatic heterocycles. The smallest absolute Gasteiger partial charge is 0.251 e. The Morgan fingerprint density at radius 1 is 1.33 bits per heavy atom. The summed E-state index contributed by atoms with van der Waals surface area (Å²) in [6, 6.07) is 5.63. The summed E-state index contributed by atoms with van der Waals surface area (Å²) in [4.78, 5) is 25.5. The van der Waals surface area contributed by atoms with Crippen LogP contribution in [0.4, 0.5) is 4.39 Å². The molecule has 6 heteroatoms. The number of piperidine rings is 1. The van der Waals surface area contributed by atoms with Crippen LogP contribution in [0.2, 0.25) is 0 Å². The van der Waals surface area contributed by atoms with Gasteiger partial charge < -0.3 is 10.2 Å². The number of nitrogens with one attached hydrogen (secondary N) is 1. The van der Waals surface area contributed by atoms with Gasteiger partial charge in [-0.05, 0) is 31.0 Å². The van der Waals surface area contributed by atoms with Crippen molar-refractivity contribution in [1.82, 2.24) is 10.2 Å². The molecule has 2 amide bonds. The number of halogens is 2. The quantitative estimate of drug-likeness (QED) is 0.866. The highest BCUT2D eigenvalue weighted by molar-refractivity contribution is 6.18. The number of alkyl halides is 1. The summed E-state index contributed by atoms with van der Waals surface area (Å²) in [6.07, 6.45) is 1.76. The Morgan fingerprint density at radius 3 is 2.67 bits per heavy atom. The number of nitrogens with zero attached hydrogens (tertiary/aromatic N) is 1. The normalized spacial score (nSPS) is 15.8. The largest absolute Gasteiger partial charge is 0.349 e. The van der Waals surface area contributed by atoms with Crippen molar-refractivity contribution in [2.75, 3.05) is 19.0 Å². The van der Waals surface area contributed by atoms with Gasteiger partial charge in [-0.1, -0.05) is 6.07 Å². The van der Waals surface area contributed by atoms with Crippen LogP contribution < -0.4 is 5.32 Å². The molecule has 114 valence electrons. The number of benzene rings is 1. The molecule has 4 nitrogen and oxygen atoms in total. The van der Waals surface area contributed by atoms with E-state index in [9.17, 15) is 14.0 Å². The predicted molar refractivity (Wildman–Crippen MR) is 78.8 cm³/mol. The third-order valence-corrected chi connectivity index (χ3v) is 3.77. The van der Waals surface area contributed by atoms with Gasteiger partial charge in [-0.3, -0.25) is 9.59 Å². The van der Waals surface area contributed by atoms with E-state index in [0.29, 0.717) is 43.8 Å². The summed E-state index contributed by atoms with van der Waals surface area (Å²) < 4.78 is 13.1. The van der Waals surface area contributed by atoms with Gasteiger partial charge in [-0.15, -0.1) is 11.6 Å². The van der Waals surface area contributed by atoms with E-state index in [1.54, 1.807) is 11.0 Å². The molecule has 1 aromatic rings. The Labute approximate surface area is 128 Å². The molecule has 1 saturated heterocycles. The second-order valence-corrected chi connectivity index (χ2v) is 5.46. The van der Waals surface area contributed by atoms with Crippen LogP contribution in [0, 0.1) is 5.82 Å². The maximum Gasteiger partial charge on any atom is 0.251 e. The fourth-order valence-electron chi connectivity index (χ4n) is 2.41. The molecule has 0 spiro atoms. The summed E-state index contributed by atoms with van der Waals surface area (Å²) in [5, 5.41) is 2.88. The van der Waals surface area contributed by atoms with Crippen molar-refractivity contribution >= 4 is 23.4 Å². The molecule has 1 heterocycles. The molecule has 0 saturated carbocycles. The lowest BCUT2D eigenvalue weighted by atomic mass is 10.0. The molecule has 1 aromatic carbocycles. The molecule has 0 unspecified atom stereocenters. The Kier molecular flexibility index (Phi) is 5.56. The zero-order chi connectivity index (χ0) is 15.2. The lowest BCUT2D eigenvalue weighted by molar-refractivity contribution is -0.131. The van der Waals surface area contributed by atoms with Crippen molar-refractivity contribution in [2.45, 2.75) is 25.3 Å². The minimum absolute atomic E-state index is 0.0146. The lowest BCUT2D eigenvalue weighted by Gasteiger charge is -2.32. The standard InChI is InChI=1S/C15H18ClFN2O2/c16-7-4-14(20)19-8-5-13(6-9-19)18-15(21)11-2-1-3-12(17)10-11/h1-3,10,13H,4-9H2,(H,18,21). The molecule has 0 aliphatic carbocycles. The highest BCUT2D eigenvalue weighted by Gasteiger charge is 2.23. The molecule has 21 heavy (non-hydrogen) atoms. The first-order chi connectivity index (χ1) is 10.1. The fourth-order valence-corrected chi connectivity index (χ4v) is 2.57. The monoisotopic (exact) mass is 312 g/mol. The van der Waals surface area contributed by atoms with Gasteiger partial charge in [-0.25, -0.2) is 4.39 Å². The first-order valence-electron chi connectivity index (χ1n) is 7.00. The number of hydrogen-bond donors (Lipinski definition) is 1. The van der Waals surface area contributed by atoms with Crippen molar-refractivity contribution in [3.05, 3.63) is 35.6 Å². The van der Waals surface area contributed by atoms with Crippen molar-refractivity contribution in [3.63, 3.8) is 0 Å². The van der Waals surface area contributed by atoms with E-state index in [0.717, 1.165) is 0 Å². The maximum atomic E-state index is 13.1. The number of rotatable bonds is 4. The third kappa shape index (κ3) is 4.43. The molecule has 0 radical (unpaired) electrons. The fraction of sp³-hybridized carbons (Fsp3) is 0.467. The van der Waals surface area contributed by atoms with Crippen molar-refractivity contribution in [1.29, 1.82) is 0 Å². The van der Waals surface area contributed by atoms with E-state index in [1.165, 1.54) is 18.2 Å². The van der Waals surface area contributed by atoms with Crippen LogP contribution in [0.1, 0.15) is 29.6 Å². The first kappa shape index (κ1) is 15.8. The van der Waals surface area contributed by atoms with Crippen LogP contribution in [0.25, 0.3) is 0 Å². The topological polar surface area (TPSA) is 49.4 Å². The molecule has 1 fully saturated rings. The van der Waals surface area contributed by atoms with E-state index in [2.05, 4.69) is 5.32 Å². The zero-order valence-corrected chi connectivity index (χ0v) is 12.4. The number of amides is 2. The second-order valence-electron chi connectivity index (χ2n) is 5.08. The molecule has 1 aliphatic rings. The zero-order valence-electron chi connectivity index (χ0n) is 11.6. The molecule has 0 atom stereocenters. The minimum atomic E-state index is -0.427. The first-order valence-corrected chi connectivity index (χ1v) is 7.54. The van der Waals surface area contributed by atoms with Gasteiger partial charge in [0.25, 0.3) is 5.91 Å². The summed E-state index contributed by atoms with van der Waals surface area (Å²) in [7, 11) is 0. The van der Waals surface area contributed by atoms with Crippen molar-refractivity contribution in [3.8, 4) is 0 Å². The van der Waals surface area contributed by atoms with Crippen LogP contribution in [0.3, 0.4) is 0 Å². The molecular formula is C15H18ClFN2O2. The van der Waals surface area contributed by atoms with E-state index < -0.39 is 5.82 Å². The predicted octanol–water partition coefficient (Wildman–Crippen LogP) is 2.18. The van der Waals surface area contributed by atoms with Crippen LogP contribution in [-0.4, -0.2) is 41.7 Å². The van der Waals surface area contributed by atoms with Crippen LogP contribution in [0.15, 0.2) is 24.3 Å². The van der Waals surface area contributed by atoms with E-state index >= 15 is 0 Å². The summed E-state index contributed by atoms with van der Waals surface area (Å²) >= 11 is 5.56. The Morgan fingerprint density at radius 2 is 2.05 bits per heavy atom. The van der Waals surface area contributed by atoms with E-state index in [4.69, 9.17) is 11.6 Å².